The van der Waals surface area contributed by atoms with Crippen molar-refractivity contribution in [3.63, 3.8) is 0 Å². The molecule has 5 nitrogen and oxygen atoms in total. The highest BCUT2D eigenvalue weighted by Gasteiger charge is 2.23. The molecular weight excluding hydrogens is 306 g/mol. The van der Waals surface area contributed by atoms with Crippen LogP contribution in [0.25, 0.3) is 0 Å². The normalized spacial score (nSPS) is 20.1. The summed E-state index contributed by atoms with van der Waals surface area (Å²) in [5.41, 5.74) is 0. The van der Waals surface area contributed by atoms with Gasteiger partial charge in [0, 0.05) is 18.9 Å². The summed E-state index contributed by atoms with van der Waals surface area (Å²) >= 11 is 3.27. The third-order valence-corrected chi connectivity index (χ3v) is 4.97. The molecule has 0 amide bonds. The number of aromatic nitrogens is 2. The second-order valence-electron chi connectivity index (χ2n) is 4.20. The fourth-order valence-electron chi connectivity index (χ4n) is 1.78. The minimum atomic E-state index is -2.77. The van der Waals surface area contributed by atoms with E-state index >= 15 is 0 Å². The smallest absolute Gasteiger partial charge is 0.222 e. The van der Waals surface area contributed by atoms with Crippen LogP contribution in [0.15, 0.2) is 16.9 Å². The van der Waals surface area contributed by atoms with Gasteiger partial charge in [0.25, 0.3) is 0 Å². The van der Waals surface area contributed by atoms with Crippen LogP contribution in [0.3, 0.4) is 0 Å². The number of nitrogens with zero attached hydrogens (tertiary/aromatic N) is 2. The maximum Gasteiger partial charge on any atom is 0.222 e. The average Bonchev–Trinajstić information content (AvgIpc) is 2.30. The predicted molar refractivity (Wildman–Crippen MR) is 69.6 cm³/mol. The van der Waals surface area contributed by atoms with Crippen molar-refractivity contribution in [2.24, 2.45) is 5.92 Å². The van der Waals surface area contributed by atoms with Gasteiger partial charge in [0.05, 0.1) is 16.0 Å². The van der Waals surface area contributed by atoms with Crippen LogP contribution in [0.5, 0.6) is 0 Å². The number of hydrogen-bond acceptors (Lipinski definition) is 5. The summed E-state index contributed by atoms with van der Waals surface area (Å²) in [6.45, 7) is 0.733. The monoisotopic (exact) mass is 319 g/mol. The molecule has 0 aromatic carbocycles. The molecule has 94 valence electrons. The van der Waals surface area contributed by atoms with E-state index in [0.29, 0.717) is 23.4 Å². The molecule has 0 atom stereocenters. The summed E-state index contributed by atoms with van der Waals surface area (Å²) in [6, 6.07) is 0. The Kier molecular flexibility index (Phi) is 3.98. The van der Waals surface area contributed by atoms with Crippen LogP contribution in [-0.4, -0.2) is 36.4 Å². The van der Waals surface area contributed by atoms with Crippen molar-refractivity contribution < 1.29 is 8.42 Å². The lowest BCUT2D eigenvalue weighted by atomic mass is 10.0. The largest absolute Gasteiger partial charge is 0.354 e. The summed E-state index contributed by atoms with van der Waals surface area (Å²) in [4.78, 5) is 8.21. The molecule has 0 saturated carbocycles. The number of rotatable bonds is 3. The highest BCUT2D eigenvalue weighted by Crippen LogP contribution is 2.19. The van der Waals surface area contributed by atoms with Gasteiger partial charge in [-0.1, -0.05) is 0 Å². The SMILES string of the molecule is O=S1(=O)CCC(CNc2ncc(Br)cn2)CC1. The Hall–Kier alpha value is -0.690. The fourth-order valence-corrected chi connectivity index (χ4v) is 3.58. The molecule has 0 unspecified atom stereocenters. The van der Waals surface area contributed by atoms with Gasteiger partial charge in [0.1, 0.15) is 9.84 Å². The van der Waals surface area contributed by atoms with Gasteiger partial charge in [0.15, 0.2) is 0 Å². The Balaban J connectivity index is 1.81. The first-order valence-corrected chi connectivity index (χ1v) is 8.08. The molecule has 7 heteroatoms. The molecule has 1 N–H and O–H groups in total. The fraction of sp³-hybridized carbons (Fsp3) is 0.600. The van der Waals surface area contributed by atoms with Crippen molar-refractivity contribution in [1.82, 2.24) is 9.97 Å². The topological polar surface area (TPSA) is 72.0 Å². The molecule has 0 bridgehead atoms. The molecule has 1 aromatic rings. The Morgan fingerprint density at radius 1 is 1.29 bits per heavy atom. The summed E-state index contributed by atoms with van der Waals surface area (Å²) < 4.78 is 23.4. The van der Waals surface area contributed by atoms with E-state index in [9.17, 15) is 8.42 Å². The van der Waals surface area contributed by atoms with Crippen molar-refractivity contribution in [3.8, 4) is 0 Å². The third kappa shape index (κ3) is 3.92. The van der Waals surface area contributed by atoms with E-state index in [0.717, 1.165) is 23.9 Å². The molecule has 0 aliphatic carbocycles. The van der Waals surface area contributed by atoms with E-state index in [2.05, 4.69) is 31.2 Å². The van der Waals surface area contributed by atoms with Crippen LogP contribution in [0, 0.1) is 5.92 Å². The number of sulfone groups is 1. The maximum atomic E-state index is 11.3. The van der Waals surface area contributed by atoms with E-state index in [1.165, 1.54) is 0 Å². The highest BCUT2D eigenvalue weighted by atomic mass is 79.9. The van der Waals surface area contributed by atoms with Gasteiger partial charge in [-0.15, -0.1) is 0 Å². The molecular formula is C10H14BrN3O2S. The predicted octanol–water partition coefficient (Wildman–Crippen LogP) is 1.48. The van der Waals surface area contributed by atoms with Crippen LogP contribution in [0.4, 0.5) is 5.95 Å². The quantitative estimate of drug-likeness (QED) is 0.913. The second kappa shape index (κ2) is 5.30. The van der Waals surface area contributed by atoms with Crippen LogP contribution >= 0.6 is 15.9 Å². The number of hydrogen-bond donors (Lipinski definition) is 1. The summed E-state index contributed by atoms with van der Waals surface area (Å²) in [5, 5.41) is 3.13. The van der Waals surface area contributed by atoms with Gasteiger partial charge >= 0.3 is 0 Å². The first kappa shape index (κ1) is 12.8. The molecule has 0 spiro atoms. The van der Waals surface area contributed by atoms with Crippen LogP contribution in [-0.2, 0) is 9.84 Å². The Morgan fingerprint density at radius 2 is 1.88 bits per heavy atom. The van der Waals surface area contributed by atoms with Crippen molar-refractivity contribution in [3.05, 3.63) is 16.9 Å². The second-order valence-corrected chi connectivity index (χ2v) is 7.42. The van der Waals surface area contributed by atoms with Gasteiger partial charge in [-0.2, -0.15) is 0 Å². The molecule has 0 radical (unpaired) electrons. The van der Waals surface area contributed by atoms with Gasteiger partial charge < -0.3 is 5.32 Å². The standard InChI is InChI=1S/C10H14BrN3O2S/c11-9-6-13-10(14-7-9)12-5-8-1-3-17(15,16)4-2-8/h6-8H,1-5H2,(H,12,13,14). The van der Waals surface area contributed by atoms with E-state index in [4.69, 9.17) is 0 Å². The van der Waals surface area contributed by atoms with Crippen LogP contribution in [0.2, 0.25) is 0 Å². The summed E-state index contributed by atoms with van der Waals surface area (Å²) in [5.74, 6) is 1.59. The minimum Gasteiger partial charge on any atom is -0.354 e. The first-order chi connectivity index (χ1) is 8.05. The van der Waals surface area contributed by atoms with E-state index in [-0.39, 0.29) is 0 Å². The van der Waals surface area contributed by atoms with Crippen molar-refractivity contribution in [1.29, 1.82) is 0 Å². The summed E-state index contributed by atoms with van der Waals surface area (Å²) in [6.07, 6.45) is 4.82. The molecule has 1 aromatic heterocycles. The zero-order valence-electron chi connectivity index (χ0n) is 9.26. The first-order valence-electron chi connectivity index (χ1n) is 5.47. The molecule has 1 saturated heterocycles. The molecule has 17 heavy (non-hydrogen) atoms. The minimum absolute atomic E-state index is 0.306. The van der Waals surface area contributed by atoms with Crippen molar-refractivity contribution >= 4 is 31.7 Å². The lowest BCUT2D eigenvalue weighted by molar-refractivity contribution is 0.483. The lowest BCUT2D eigenvalue weighted by Gasteiger charge is -2.21. The Bertz CT molecular complexity index is 461. The van der Waals surface area contributed by atoms with Gasteiger partial charge in [0.2, 0.25) is 5.95 Å². The zero-order valence-corrected chi connectivity index (χ0v) is 11.7. The number of halogens is 1. The number of anilines is 1. The van der Waals surface area contributed by atoms with Crippen molar-refractivity contribution in [2.75, 3.05) is 23.4 Å². The molecule has 1 aliphatic rings. The van der Waals surface area contributed by atoms with E-state index in [1.807, 2.05) is 0 Å². The van der Waals surface area contributed by atoms with Gasteiger partial charge in [-0.05, 0) is 34.7 Å². The molecule has 1 aliphatic heterocycles. The van der Waals surface area contributed by atoms with Gasteiger partial charge in [-0.3, -0.25) is 0 Å². The van der Waals surface area contributed by atoms with Gasteiger partial charge in [-0.25, -0.2) is 18.4 Å². The van der Waals surface area contributed by atoms with E-state index in [1.54, 1.807) is 12.4 Å². The third-order valence-electron chi connectivity index (χ3n) is 2.84. The van der Waals surface area contributed by atoms with Crippen molar-refractivity contribution in [2.45, 2.75) is 12.8 Å². The molecule has 2 rings (SSSR count). The molecule has 1 fully saturated rings. The Morgan fingerprint density at radius 3 is 2.47 bits per heavy atom. The van der Waals surface area contributed by atoms with Crippen LogP contribution in [0.1, 0.15) is 12.8 Å². The lowest BCUT2D eigenvalue weighted by Crippen LogP contribution is -2.27. The molecule has 2 heterocycles. The maximum absolute atomic E-state index is 11.3. The average molecular weight is 320 g/mol. The zero-order chi connectivity index (χ0) is 12.3. The Labute approximate surface area is 109 Å². The highest BCUT2D eigenvalue weighted by molar-refractivity contribution is 9.10. The number of nitrogens with one attached hydrogen (secondary N) is 1. The van der Waals surface area contributed by atoms with Crippen LogP contribution < -0.4 is 5.32 Å². The van der Waals surface area contributed by atoms with E-state index < -0.39 is 9.84 Å². The summed E-state index contributed by atoms with van der Waals surface area (Å²) in [7, 11) is -2.77.